The van der Waals surface area contributed by atoms with E-state index in [-0.39, 0.29) is 23.7 Å². The number of ketones is 1. The summed E-state index contributed by atoms with van der Waals surface area (Å²) >= 11 is 0. The summed E-state index contributed by atoms with van der Waals surface area (Å²) in [5.41, 5.74) is 4.31. The van der Waals surface area contributed by atoms with E-state index in [0.29, 0.717) is 32.4 Å². The van der Waals surface area contributed by atoms with Crippen LogP contribution in [-0.2, 0) is 42.9 Å². The zero-order valence-electron chi connectivity index (χ0n) is 35.4. The lowest BCUT2D eigenvalue weighted by molar-refractivity contribution is -0.192. The average Bonchev–Trinajstić information content (AvgIpc) is 3.13. The second-order valence-electron chi connectivity index (χ2n) is 15.2. The van der Waals surface area contributed by atoms with E-state index in [2.05, 4.69) is 9.47 Å². The SMILES string of the molecule is CC(C)(C)OC(=O)N1CCCC[C@H]1C(=O)O.CC[C@@H](/C=C/C(=O)OC)CC(=O)[C@@H]1CCCCN1C(=O)OC(C)(C)C.CC[C@H](N)/C=C/C(=O)OC.O=C(O)C(F)(F)F. The van der Waals surface area contributed by atoms with Crippen molar-refractivity contribution in [3.05, 3.63) is 24.3 Å². The fourth-order valence-corrected chi connectivity index (χ4v) is 4.96. The van der Waals surface area contributed by atoms with Crippen LogP contribution in [0, 0.1) is 5.92 Å². The van der Waals surface area contributed by atoms with Crippen LogP contribution in [0.5, 0.6) is 0 Å². The number of carboxylic acid groups (broad SMARTS) is 2. The molecule has 2 aliphatic heterocycles. The number of rotatable bonds is 10. The summed E-state index contributed by atoms with van der Waals surface area (Å²) in [4.78, 5) is 81.4. The number of esters is 2. The van der Waals surface area contributed by atoms with Crippen LogP contribution in [0.25, 0.3) is 0 Å². The van der Waals surface area contributed by atoms with Crippen LogP contribution in [0.4, 0.5) is 22.8 Å². The van der Waals surface area contributed by atoms with E-state index in [1.54, 1.807) is 37.8 Å². The van der Waals surface area contributed by atoms with Gasteiger partial charge in [0.05, 0.1) is 20.3 Å². The number of hydrogen-bond donors (Lipinski definition) is 3. The number of nitrogens with zero attached hydrogens (tertiary/aromatic N) is 2. The van der Waals surface area contributed by atoms with Crippen molar-refractivity contribution < 1.29 is 75.9 Å². The fraction of sp³-hybridized carbons (Fsp3) is 0.718. The van der Waals surface area contributed by atoms with Gasteiger partial charge in [0.25, 0.3) is 0 Å². The Morgan fingerprint density at radius 3 is 1.45 bits per heavy atom. The van der Waals surface area contributed by atoms with Crippen molar-refractivity contribution in [3.8, 4) is 0 Å². The molecule has 2 amide bonds. The lowest BCUT2D eigenvalue weighted by atomic mass is 9.91. The third-order valence-corrected chi connectivity index (χ3v) is 8.01. The Balaban J connectivity index is 0. The van der Waals surface area contributed by atoms with Gasteiger partial charge in [-0.2, -0.15) is 13.2 Å². The fourth-order valence-electron chi connectivity index (χ4n) is 4.96. The first kappa shape index (κ1) is 55.4. The summed E-state index contributed by atoms with van der Waals surface area (Å²) in [7, 11) is 2.66. The normalized spacial score (nSPS) is 18.1. The lowest BCUT2D eigenvalue weighted by Crippen LogP contribution is -2.50. The van der Waals surface area contributed by atoms with Crippen molar-refractivity contribution in [3.63, 3.8) is 0 Å². The number of aliphatic carboxylic acids is 2. The Kier molecular flexibility index (Phi) is 25.9. The predicted octanol–water partition coefficient (Wildman–Crippen LogP) is 6.44. The standard InChI is InChI=1S/C19H31NO5.C11H19NO4.C7H13NO2.C2HF3O2/c1-6-14(10-11-17(22)24-5)13-16(21)15-9-7-8-12-20(15)18(23)25-19(2,3)4;1-11(2,3)16-10(15)12-7-5-4-6-8(12)9(13)14;1-3-6(8)4-5-7(9)10-2;3-2(4,5)1(6)7/h10-11,14-15H,6-9,12-13H2,1-5H3;8H,4-7H2,1-3H3,(H,13,14);4-6H,3,8H2,1-2H3;(H,6,7)/b11-10+;;5-4+;/t14-,15-;8-;6-;/m000./s1. The number of carbonyl (C=O) groups excluding carboxylic acids is 5. The number of halogens is 3. The number of methoxy groups -OCH3 is 2. The highest BCUT2D eigenvalue weighted by atomic mass is 19.4. The summed E-state index contributed by atoms with van der Waals surface area (Å²) in [6.07, 6.45) is 6.51. The number of allylic oxidation sites excluding steroid dienone is 1. The molecule has 4 N–H and O–H groups in total. The second kappa shape index (κ2) is 27.1. The van der Waals surface area contributed by atoms with E-state index >= 15 is 0 Å². The van der Waals surface area contributed by atoms with Crippen LogP contribution in [0.15, 0.2) is 24.3 Å². The number of hydrogen-bond acceptors (Lipinski definition) is 12. The Morgan fingerprint density at radius 1 is 0.707 bits per heavy atom. The van der Waals surface area contributed by atoms with Crippen LogP contribution in [0.1, 0.15) is 113 Å². The van der Waals surface area contributed by atoms with Crippen molar-refractivity contribution in [2.45, 2.75) is 149 Å². The van der Waals surface area contributed by atoms with Crippen molar-refractivity contribution >= 4 is 41.8 Å². The minimum absolute atomic E-state index is 0.0203. The lowest BCUT2D eigenvalue weighted by Gasteiger charge is -2.36. The zero-order valence-corrected chi connectivity index (χ0v) is 35.4. The molecule has 2 fully saturated rings. The molecule has 16 nitrogen and oxygen atoms in total. The van der Waals surface area contributed by atoms with Gasteiger partial charge in [0.1, 0.15) is 17.2 Å². The highest BCUT2D eigenvalue weighted by Gasteiger charge is 2.38. The third kappa shape index (κ3) is 25.5. The molecule has 2 heterocycles. The summed E-state index contributed by atoms with van der Waals surface area (Å²) in [6, 6.07) is -1.22. The van der Waals surface area contributed by atoms with E-state index in [1.807, 2.05) is 34.6 Å². The smallest absolute Gasteiger partial charge is 0.480 e. The average molecular weight is 840 g/mol. The molecule has 4 atom stereocenters. The molecule has 0 radical (unpaired) electrons. The first-order valence-electron chi connectivity index (χ1n) is 19.0. The van der Waals surface area contributed by atoms with E-state index in [9.17, 15) is 41.9 Å². The summed E-state index contributed by atoms with van der Waals surface area (Å²) < 4.78 is 51.3. The molecule has 334 valence electrons. The van der Waals surface area contributed by atoms with Crippen LogP contribution in [-0.4, -0.2) is 125 Å². The Hall–Kier alpha value is -4.68. The molecule has 58 heavy (non-hydrogen) atoms. The quantitative estimate of drug-likeness (QED) is 0.122. The topological polar surface area (TPSA) is 229 Å². The molecule has 0 aromatic heterocycles. The number of nitrogens with two attached hydrogens (primary N) is 1. The van der Waals surface area contributed by atoms with Crippen LogP contribution in [0.2, 0.25) is 0 Å². The summed E-state index contributed by atoms with van der Waals surface area (Å²) in [5, 5.41) is 16.1. The maximum Gasteiger partial charge on any atom is 0.490 e. The second-order valence-corrected chi connectivity index (χ2v) is 15.2. The molecule has 0 aromatic carbocycles. The number of likely N-dealkylation sites (tertiary alicyclic amines) is 2. The molecule has 0 spiro atoms. The highest BCUT2D eigenvalue weighted by molar-refractivity contribution is 5.88. The molecule has 2 rings (SSSR count). The van der Waals surface area contributed by atoms with Gasteiger partial charge >= 0.3 is 42.2 Å². The van der Waals surface area contributed by atoms with Gasteiger partial charge in [-0.05, 0) is 98.8 Å². The molecular formula is C39H64F3N3O13. The first-order chi connectivity index (χ1) is 26.6. The Bertz CT molecular complexity index is 1390. The number of amides is 2. The zero-order chi connectivity index (χ0) is 45.4. The van der Waals surface area contributed by atoms with Crippen molar-refractivity contribution in [2.24, 2.45) is 11.7 Å². The van der Waals surface area contributed by atoms with Crippen molar-refractivity contribution in [1.82, 2.24) is 9.80 Å². The van der Waals surface area contributed by atoms with E-state index < -0.39 is 59.6 Å². The van der Waals surface area contributed by atoms with Gasteiger partial charge in [-0.15, -0.1) is 0 Å². The molecule has 2 aliphatic rings. The Labute approximate surface area is 339 Å². The van der Waals surface area contributed by atoms with Gasteiger partial charge < -0.3 is 34.9 Å². The molecule has 0 unspecified atom stereocenters. The number of Topliss-reactive ketones (excluding diaryl/α,β-unsaturated/α-hetero) is 1. The highest BCUT2D eigenvalue weighted by Crippen LogP contribution is 2.24. The molecule has 0 aromatic rings. The predicted molar refractivity (Wildman–Crippen MR) is 206 cm³/mol. The number of carbonyl (C=O) groups is 7. The Morgan fingerprint density at radius 2 is 1.10 bits per heavy atom. The van der Waals surface area contributed by atoms with Crippen molar-refractivity contribution in [2.75, 3.05) is 27.3 Å². The molecule has 0 bridgehead atoms. The van der Waals surface area contributed by atoms with Gasteiger partial charge in [-0.25, -0.2) is 28.8 Å². The van der Waals surface area contributed by atoms with E-state index in [4.69, 9.17) is 30.2 Å². The maximum absolute atomic E-state index is 12.8. The first-order valence-corrected chi connectivity index (χ1v) is 19.0. The van der Waals surface area contributed by atoms with E-state index in [1.165, 1.54) is 31.3 Å². The molecule has 2 saturated heterocycles. The summed E-state index contributed by atoms with van der Waals surface area (Å²) in [6.45, 7) is 15.7. The molecule has 0 aliphatic carbocycles. The van der Waals surface area contributed by atoms with Crippen molar-refractivity contribution in [1.29, 1.82) is 0 Å². The van der Waals surface area contributed by atoms with E-state index in [0.717, 1.165) is 38.5 Å². The molecule has 19 heteroatoms. The van der Waals surface area contributed by atoms with Gasteiger partial charge in [-0.1, -0.05) is 26.0 Å². The maximum atomic E-state index is 12.8. The third-order valence-electron chi connectivity index (χ3n) is 8.01. The van der Waals surface area contributed by atoms with Gasteiger partial charge in [-0.3, -0.25) is 14.6 Å². The van der Waals surface area contributed by atoms with Crippen LogP contribution < -0.4 is 5.73 Å². The van der Waals surface area contributed by atoms with Crippen LogP contribution in [0.3, 0.4) is 0 Å². The number of carboxylic acids is 2. The number of alkyl halides is 3. The number of ether oxygens (including phenoxy) is 4. The van der Waals surface area contributed by atoms with Gasteiger partial charge in [0.2, 0.25) is 0 Å². The monoisotopic (exact) mass is 839 g/mol. The van der Waals surface area contributed by atoms with Gasteiger partial charge in [0, 0.05) is 37.7 Å². The minimum atomic E-state index is -5.08. The van der Waals surface area contributed by atoms with Crippen LogP contribution >= 0.6 is 0 Å². The van der Waals surface area contributed by atoms with Gasteiger partial charge in [0.15, 0.2) is 5.78 Å². The molecular weight excluding hydrogens is 775 g/mol. The molecule has 0 saturated carbocycles. The minimum Gasteiger partial charge on any atom is -0.480 e. The number of piperidine rings is 2. The summed E-state index contributed by atoms with van der Waals surface area (Å²) in [5.74, 6) is -4.53. The largest absolute Gasteiger partial charge is 0.490 e.